The van der Waals surface area contributed by atoms with Gasteiger partial charge in [0.1, 0.15) is 0 Å². The first-order chi connectivity index (χ1) is 14.8. The van der Waals surface area contributed by atoms with Gasteiger partial charge in [-0.15, -0.1) is 0 Å². The molecule has 0 saturated carbocycles. The van der Waals surface area contributed by atoms with Crippen molar-refractivity contribution in [3.63, 3.8) is 0 Å². The maximum Gasteiger partial charge on any atom is 0.394 e. The van der Waals surface area contributed by atoms with E-state index in [0.29, 0.717) is 0 Å². The number of hydrogen-bond donors (Lipinski definition) is 2. The lowest BCUT2D eigenvalue weighted by molar-refractivity contribution is 0.314. The van der Waals surface area contributed by atoms with E-state index in [0.717, 1.165) is 0 Å². The summed E-state index contributed by atoms with van der Waals surface area (Å²) in [5.74, 6) is 0. The van der Waals surface area contributed by atoms with Crippen molar-refractivity contribution in [2.45, 2.75) is 142 Å². The van der Waals surface area contributed by atoms with Crippen LogP contribution in [0.15, 0.2) is 0 Å². The largest absolute Gasteiger partial charge is 0.394 e. The summed E-state index contributed by atoms with van der Waals surface area (Å²) in [7, 11) is -2.35. The summed E-state index contributed by atoms with van der Waals surface area (Å²) in [5.41, 5.74) is 0. The van der Waals surface area contributed by atoms with Crippen LogP contribution in [-0.2, 0) is 10.4 Å². The Morgan fingerprint density at radius 2 is 0.677 bits per heavy atom. The van der Waals surface area contributed by atoms with Crippen LogP contribution in [0.3, 0.4) is 0 Å². The molecule has 0 aromatic heterocycles. The van der Waals surface area contributed by atoms with E-state index in [4.69, 9.17) is 17.5 Å². The lowest BCUT2D eigenvalue weighted by atomic mass is 10.1. The quantitative estimate of drug-likeness (QED) is 0.125. The van der Waals surface area contributed by atoms with Crippen molar-refractivity contribution in [2.75, 3.05) is 20.1 Å². The van der Waals surface area contributed by atoms with Crippen LogP contribution in [0.1, 0.15) is 142 Å². The number of nitrogens with zero attached hydrogens (tertiary/aromatic N) is 1. The molecule has 0 amide bonds. The lowest BCUT2D eigenvalue weighted by Gasteiger charge is -2.16. The summed E-state index contributed by atoms with van der Waals surface area (Å²) in [6, 6.07) is 0. The second-order valence-corrected chi connectivity index (χ2v) is 10.0. The van der Waals surface area contributed by atoms with E-state index < -0.39 is 10.4 Å². The summed E-state index contributed by atoms with van der Waals surface area (Å²) < 4.78 is 31.6. The molecule has 6 heteroatoms. The van der Waals surface area contributed by atoms with Gasteiger partial charge in [0.15, 0.2) is 0 Å². The summed E-state index contributed by atoms with van der Waals surface area (Å²) >= 11 is 0. The van der Waals surface area contributed by atoms with Crippen molar-refractivity contribution in [1.82, 2.24) is 4.90 Å². The van der Waals surface area contributed by atoms with Gasteiger partial charge in [0.25, 0.3) is 0 Å². The minimum Gasteiger partial charge on any atom is -0.306 e. The molecule has 31 heavy (non-hydrogen) atoms. The molecule has 2 N–H and O–H groups in total. The second kappa shape index (κ2) is 26.1. The summed E-state index contributed by atoms with van der Waals surface area (Å²) in [4.78, 5) is 2.56. The third-order valence-electron chi connectivity index (χ3n) is 5.79. The van der Waals surface area contributed by atoms with Crippen molar-refractivity contribution < 1.29 is 17.5 Å². The van der Waals surface area contributed by atoms with Crippen molar-refractivity contribution in [2.24, 2.45) is 0 Å². The average Bonchev–Trinajstić information content (AvgIpc) is 2.69. The zero-order valence-electron chi connectivity index (χ0n) is 21.1. The van der Waals surface area contributed by atoms with Crippen LogP contribution in [0.4, 0.5) is 0 Å². The minimum atomic E-state index is -4.67. The highest BCUT2D eigenvalue weighted by Gasteiger charge is 1.99. The zero-order chi connectivity index (χ0) is 23.6. The highest BCUT2D eigenvalue weighted by Crippen LogP contribution is 2.12. The number of hydrogen-bond acceptors (Lipinski definition) is 3. The lowest BCUT2D eigenvalue weighted by Crippen LogP contribution is -2.20. The van der Waals surface area contributed by atoms with Gasteiger partial charge >= 0.3 is 10.4 Å². The molecular formula is C25H55NO4S. The molecule has 0 fully saturated rings. The Labute approximate surface area is 195 Å². The molecule has 0 aliphatic heterocycles. The van der Waals surface area contributed by atoms with Crippen LogP contribution >= 0.6 is 0 Å². The molecule has 0 atom stereocenters. The maximum absolute atomic E-state index is 8.74. The Morgan fingerprint density at radius 1 is 0.484 bits per heavy atom. The third kappa shape index (κ3) is 40.7. The van der Waals surface area contributed by atoms with Crippen LogP contribution < -0.4 is 0 Å². The van der Waals surface area contributed by atoms with Gasteiger partial charge < -0.3 is 4.90 Å². The molecule has 0 heterocycles. The molecule has 0 bridgehead atoms. The predicted molar refractivity (Wildman–Crippen MR) is 135 cm³/mol. The third-order valence-corrected chi connectivity index (χ3v) is 5.79. The fourth-order valence-electron chi connectivity index (χ4n) is 3.85. The van der Waals surface area contributed by atoms with Crippen LogP contribution in [0.2, 0.25) is 0 Å². The van der Waals surface area contributed by atoms with E-state index in [9.17, 15) is 0 Å². The van der Waals surface area contributed by atoms with Crippen LogP contribution in [0, 0.1) is 0 Å². The summed E-state index contributed by atoms with van der Waals surface area (Å²) in [6.45, 7) is 7.23. The van der Waals surface area contributed by atoms with Crippen molar-refractivity contribution >= 4 is 10.4 Å². The van der Waals surface area contributed by atoms with Crippen LogP contribution in [-0.4, -0.2) is 42.6 Å². The highest BCUT2D eigenvalue weighted by molar-refractivity contribution is 7.79. The molecule has 0 aliphatic rings. The van der Waals surface area contributed by atoms with Crippen molar-refractivity contribution in [1.29, 1.82) is 0 Å². The monoisotopic (exact) mass is 465 g/mol. The Morgan fingerprint density at radius 3 is 0.903 bits per heavy atom. The smallest absolute Gasteiger partial charge is 0.306 e. The molecule has 0 spiro atoms. The Balaban J connectivity index is 0. The van der Waals surface area contributed by atoms with Gasteiger partial charge in [0.05, 0.1) is 0 Å². The fraction of sp³-hybridized carbons (Fsp3) is 1.00. The van der Waals surface area contributed by atoms with E-state index in [1.807, 2.05) is 0 Å². The van der Waals surface area contributed by atoms with Crippen molar-refractivity contribution in [3.8, 4) is 0 Å². The standard InChI is InChI=1S/C25H53N.H2O4S/c1-4-6-8-10-12-14-16-18-20-22-24-26(3)25-23-21-19-17-15-13-11-9-7-5-2;1-5(2,3)4/h4-25H2,1-3H3;(H2,1,2,3,4). The van der Waals surface area contributed by atoms with Crippen molar-refractivity contribution in [3.05, 3.63) is 0 Å². The van der Waals surface area contributed by atoms with Gasteiger partial charge in [-0.05, 0) is 33.0 Å². The van der Waals surface area contributed by atoms with Gasteiger partial charge in [-0.25, -0.2) is 0 Å². The minimum absolute atomic E-state index is 1.31. The van der Waals surface area contributed by atoms with E-state index in [-0.39, 0.29) is 0 Å². The Kier molecular flexibility index (Phi) is 27.8. The molecular weight excluding hydrogens is 410 g/mol. The summed E-state index contributed by atoms with van der Waals surface area (Å²) in [5, 5.41) is 0. The molecule has 0 aliphatic carbocycles. The molecule has 5 nitrogen and oxygen atoms in total. The normalized spacial score (nSPS) is 11.5. The first-order valence-corrected chi connectivity index (χ1v) is 14.6. The molecule has 0 unspecified atom stereocenters. The van der Waals surface area contributed by atoms with E-state index in [1.54, 1.807) is 0 Å². The topological polar surface area (TPSA) is 77.8 Å². The van der Waals surface area contributed by atoms with Gasteiger partial charge in [-0.3, -0.25) is 9.11 Å². The van der Waals surface area contributed by atoms with E-state index in [2.05, 4.69) is 25.8 Å². The molecule has 0 aromatic carbocycles. The second-order valence-electron chi connectivity index (χ2n) is 9.12. The molecule has 0 aromatic rings. The van der Waals surface area contributed by atoms with Gasteiger partial charge in [0.2, 0.25) is 0 Å². The van der Waals surface area contributed by atoms with Gasteiger partial charge in [-0.1, -0.05) is 129 Å². The first-order valence-electron chi connectivity index (χ1n) is 13.2. The molecule has 190 valence electrons. The van der Waals surface area contributed by atoms with Crippen LogP contribution in [0.25, 0.3) is 0 Å². The van der Waals surface area contributed by atoms with E-state index >= 15 is 0 Å². The predicted octanol–water partition coefficient (Wildman–Crippen LogP) is 8.11. The molecule has 0 radical (unpaired) electrons. The van der Waals surface area contributed by atoms with Gasteiger partial charge in [0, 0.05) is 0 Å². The Bertz CT molecular complexity index is 397. The SMILES string of the molecule is CCCCCCCCCCCCN(C)CCCCCCCCCCCC.O=S(=O)(O)O. The fourth-order valence-corrected chi connectivity index (χ4v) is 3.85. The Hall–Kier alpha value is -0.170. The maximum atomic E-state index is 8.74. The van der Waals surface area contributed by atoms with Gasteiger partial charge in [-0.2, -0.15) is 8.42 Å². The highest BCUT2D eigenvalue weighted by atomic mass is 32.3. The molecule has 0 rings (SSSR count). The first kappa shape index (κ1) is 33.0. The average molecular weight is 466 g/mol. The van der Waals surface area contributed by atoms with Crippen LogP contribution in [0.5, 0.6) is 0 Å². The summed E-state index contributed by atoms with van der Waals surface area (Å²) in [6.07, 6.45) is 28.9. The zero-order valence-corrected chi connectivity index (χ0v) is 21.9. The number of unbranched alkanes of at least 4 members (excludes halogenated alkanes) is 18. The van der Waals surface area contributed by atoms with E-state index in [1.165, 1.54) is 142 Å². The molecule has 0 saturated heterocycles. The number of rotatable bonds is 22.